The molecule has 3 rings (SSSR count). The van der Waals surface area contributed by atoms with Crippen molar-refractivity contribution in [2.45, 2.75) is 13.3 Å². The molecule has 1 heterocycles. The van der Waals surface area contributed by atoms with Crippen molar-refractivity contribution in [1.82, 2.24) is 9.97 Å². The summed E-state index contributed by atoms with van der Waals surface area (Å²) >= 11 is 12.0. The van der Waals surface area contributed by atoms with Gasteiger partial charge in [0.05, 0.1) is 0 Å². The van der Waals surface area contributed by atoms with E-state index in [1.807, 2.05) is 55.5 Å². The van der Waals surface area contributed by atoms with Gasteiger partial charge in [-0.3, -0.25) is 0 Å². The van der Waals surface area contributed by atoms with E-state index in [1.54, 1.807) is 0 Å². The number of nitrogens with zero attached hydrogens (tertiary/aromatic N) is 2. The summed E-state index contributed by atoms with van der Waals surface area (Å²) in [5.74, 6) is 1.31. The molecule has 2 N–H and O–H groups in total. The highest BCUT2D eigenvalue weighted by molar-refractivity contribution is 6.31. The van der Waals surface area contributed by atoms with E-state index in [2.05, 4.69) is 26.7 Å². The number of rotatable bonds is 6. The number of aryl methyl sites for hydroxylation is 1. The third-order valence-corrected chi connectivity index (χ3v) is 4.01. The normalized spacial score (nSPS) is 10.5. The highest BCUT2D eigenvalue weighted by Gasteiger charge is 2.04. The maximum absolute atomic E-state index is 6.02. The van der Waals surface area contributed by atoms with Crippen LogP contribution in [0.3, 0.4) is 0 Å². The van der Waals surface area contributed by atoms with E-state index in [4.69, 9.17) is 23.2 Å². The standard InChI is InChI=1S/C19H18Cl2N4/c1-13-10-18(24-17-7-3-6-16(21)12-17)25-19(23-13)22-9-8-14-4-2-5-15(20)11-14/h2-7,10-12H,8-9H2,1H3,(H2,22,23,24,25). The van der Waals surface area contributed by atoms with Crippen LogP contribution in [-0.4, -0.2) is 16.5 Å². The van der Waals surface area contributed by atoms with Crippen LogP contribution < -0.4 is 10.6 Å². The Labute approximate surface area is 157 Å². The van der Waals surface area contributed by atoms with Crippen LogP contribution in [0.15, 0.2) is 54.6 Å². The average molecular weight is 373 g/mol. The molecule has 0 amide bonds. The molecule has 0 aliphatic heterocycles. The molecule has 4 nitrogen and oxygen atoms in total. The molecule has 0 fully saturated rings. The van der Waals surface area contributed by atoms with Crippen molar-refractivity contribution in [2.75, 3.05) is 17.2 Å². The Balaban J connectivity index is 1.65. The minimum Gasteiger partial charge on any atom is -0.354 e. The number of aromatic nitrogens is 2. The second-order valence-corrected chi connectivity index (χ2v) is 6.53. The highest BCUT2D eigenvalue weighted by Crippen LogP contribution is 2.20. The molecule has 3 aromatic rings. The van der Waals surface area contributed by atoms with E-state index in [0.29, 0.717) is 11.0 Å². The topological polar surface area (TPSA) is 49.8 Å². The van der Waals surface area contributed by atoms with Crippen LogP contribution >= 0.6 is 23.2 Å². The van der Waals surface area contributed by atoms with Gasteiger partial charge in [-0.1, -0.05) is 41.4 Å². The first-order valence-electron chi connectivity index (χ1n) is 7.95. The van der Waals surface area contributed by atoms with Crippen molar-refractivity contribution < 1.29 is 0 Å². The molecular weight excluding hydrogens is 355 g/mol. The highest BCUT2D eigenvalue weighted by atomic mass is 35.5. The Hall–Kier alpha value is -2.30. The number of anilines is 3. The molecular formula is C19H18Cl2N4. The molecule has 25 heavy (non-hydrogen) atoms. The van der Waals surface area contributed by atoms with Gasteiger partial charge in [0.1, 0.15) is 5.82 Å². The first kappa shape index (κ1) is 17.5. The average Bonchev–Trinajstić information content (AvgIpc) is 2.54. The largest absolute Gasteiger partial charge is 0.354 e. The van der Waals surface area contributed by atoms with Gasteiger partial charge in [0.25, 0.3) is 0 Å². The monoisotopic (exact) mass is 372 g/mol. The zero-order valence-electron chi connectivity index (χ0n) is 13.8. The Bertz CT molecular complexity index is 868. The molecule has 0 saturated carbocycles. The summed E-state index contributed by atoms with van der Waals surface area (Å²) < 4.78 is 0. The van der Waals surface area contributed by atoms with Crippen LogP contribution in [0.1, 0.15) is 11.3 Å². The number of hydrogen-bond donors (Lipinski definition) is 2. The van der Waals surface area contributed by atoms with E-state index in [-0.39, 0.29) is 0 Å². The fraction of sp³-hybridized carbons (Fsp3) is 0.158. The van der Waals surface area contributed by atoms with Crippen molar-refractivity contribution in [3.8, 4) is 0 Å². The molecule has 2 aromatic carbocycles. The van der Waals surface area contributed by atoms with Gasteiger partial charge in [0.15, 0.2) is 0 Å². The number of hydrogen-bond acceptors (Lipinski definition) is 4. The molecule has 6 heteroatoms. The fourth-order valence-electron chi connectivity index (χ4n) is 2.44. The summed E-state index contributed by atoms with van der Waals surface area (Å²) in [6.45, 7) is 2.66. The van der Waals surface area contributed by atoms with Gasteiger partial charge in [0.2, 0.25) is 5.95 Å². The lowest BCUT2D eigenvalue weighted by Crippen LogP contribution is -2.09. The Morgan fingerprint density at radius 3 is 2.44 bits per heavy atom. The van der Waals surface area contributed by atoms with Gasteiger partial charge >= 0.3 is 0 Å². The predicted octanol–water partition coefficient (Wildman–Crippen LogP) is 5.49. The minimum absolute atomic E-state index is 0.589. The van der Waals surface area contributed by atoms with E-state index < -0.39 is 0 Å². The third kappa shape index (κ3) is 5.34. The molecule has 0 bridgehead atoms. The zero-order valence-corrected chi connectivity index (χ0v) is 15.3. The number of benzene rings is 2. The van der Waals surface area contributed by atoms with Gasteiger partial charge in [-0.05, 0) is 49.2 Å². The van der Waals surface area contributed by atoms with Gasteiger partial charge in [-0.25, -0.2) is 4.98 Å². The van der Waals surface area contributed by atoms with E-state index in [1.165, 1.54) is 5.56 Å². The molecule has 0 aliphatic carbocycles. The second-order valence-electron chi connectivity index (χ2n) is 5.66. The maximum atomic E-state index is 6.02. The van der Waals surface area contributed by atoms with Crippen LogP contribution in [0.2, 0.25) is 10.0 Å². The van der Waals surface area contributed by atoms with Crippen molar-refractivity contribution in [1.29, 1.82) is 0 Å². The van der Waals surface area contributed by atoms with Crippen LogP contribution in [0.5, 0.6) is 0 Å². The second kappa shape index (κ2) is 8.19. The van der Waals surface area contributed by atoms with Crippen molar-refractivity contribution >= 4 is 40.7 Å². The third-order valence-electron chi connectivity index (χ3n) is 3.54. The summed E-state index contributed by atoms with van der Waals surface area (Å²) in [4.78, 5) is 8.93. The lowest BCUT2D eigenvalue weighted by molar-refractivity contribution is 0.976. The molecule has 0 saturated heterocycles. The minimum atomic E-state index is 0.589. The Morgan fingerprint density at radius 2 is 1.68 bits per heavy atom. The molecule has 0 unspecified atom stereocenters. The van der Waals surface area contributed by atoms with Crippen molar-refractivity contribution in [3.63, 3.8) is 0 Å². The first-order valence-corrected chi connectivity index (χ1v) is 8.71. The van der Waals surface area contributed by atoms with Crippen LogP contribution in [0.4, 0.5) is 17.5 Å². The molecule has 128 valence electrons. The number of nitrogens with one attached hydrogen (secondary N) is 2. The van der Waals surface area contributed by atoms with Crippen molar-refractivity contribution in [2.24, 2.45) is 0 Å². The van der Waals surface area contributed by atoms with Gasteiger partial charge in [-0.15, -0.1) is 0 Å². The van der Waals surface area contributed by atoms with Crippen LogP contribution in [0.25, 0.3) is 0 Å². The SMILES string of the molecule is Cc1cc(Nc2cccc(Cl)c2)nc(NCCc2cccc(Cl)c2)n1. The molecule has 1 aromatic heterocycles. The van der Waals surface area contributed by atoms with Gasteiger partial charge < -0.3 is 10.6 Å². The fourth-order valence-corrected chi connectivity index (χ4v) is 2.84. The molecule has 0 atom stereocenters. The summed E-state index contributed by atoms with van der Waals surface area (Å²) in [5.41, 5.74) is 2.94. The number of halogens is 2. The molecule has 0 aliphatic rings. The smallest absolute Gasteiger partial charge is 0.224 e. The lowest BCUT2D eigenvalue weighted by Gasteiger charge is -2.10. The van der Waals surface area contributed by atoms with Gasteiger partial charge in [-0.2, -0.15) is 4.98 Å². The first-order chi connectivity index (χ1) is 12.1. The molecule has 0 radical (unpaired) electrons. The lowest BCUT2D eigenvalue weighted by atomic mass is 10.1. The van der Waals surface area contributed by atoms with Crippen LogP contribution in [-0.2, 0) is 6.42 Å². The van der Waals surface area contributed by atoms with E-state index in [0.717, 1.165) is 35.2 Å². The summed E-state index contributed by atoms with van der Waals surface area (Å²) in [6.07, 6.45) is 0.842. The maximum Gasteiger partial charge on any atom is 0.224 e. The van der Waals surface area contributed by atoms with Crippen molar-refractivity contribution in [3.05, 3.63) is 75.9 Å². The van der Waals surface area contributed by atoms with Crippen LogP contribution in [0, 0.1) is 6.92 Å². The molecule has 0 spiro atoms. The summed E-state index contributed by atoms with van der Waals surface area (Å²) in [7, 11) is 0. The predicted molar refractivity (Wildman–Crippen MR) is 105 cm³/mol. The summed E-state index contributed by atoms with van der Waals surface area (Å²) in [5, 5.41) is 7.93. The van der Waals surface area contributed by atoms with E-state index in [9.17, 15) is 0 Å². The quantitative estimate of drug-likeness (QED) is 0.600. The van der Waals surface area contributed by atoms with Gasteiger partial charge in [0, 0.05) is 34.0 Å². The summed E-state index contributed by atoms with van der Waals surface area (Å²) in [6, 6.07) is 17.3. The zero-order chi connectivity index (χ0) is 17.6. The van der Waals surface area contributed by atoms with E-state index >= 15 is 0 Å². The Morgan fingerprint density at radius 1 is 0.920 bits per heavy atom. The Kier molecular flexibility index (Phi) is 5.74.